The minimum atomic E-state index is -0.416. The molecule has 1 rings (SSSR count). The zero-order valence-electron chi connectivity index (χ0n) is 8.75. The first-order valence-electron chi connectivity index (χ1n) is 4.80. The van der Waals surface area contributed by atoms with E-state index in [1.807, 2.05) is 0 Å². The maximum atomic E-state index is 9.54. The molecule has 0 spiro atoms. The number of aryl methyl sites for hydroxylation is 2. The number of aliphatic hydroxyl groups is 1. The Morgan fingerprint density at radius 1 is 1.29 bits per heavy atom. The topological polar surface area (TPSA) is 20.2 Å². The van der Waals surface area contributed by atoms with Crippen molar-refractivity contribution in [2.75, 3.05) is 0 Å². The van der Waals surface area contributed by atoms with Crippen LogP contribution in [-0.2, 0) is 6.42 Å². The molecule has 1 heteroatoms. The van der Waals surface area contributed by atoms with Crippen molar-refractivity contribution >= 4 is 0 Å². The number of aliphatic hydroxyl groups excluding tert-OH is 1. The fourth-order valence-electron chi connectivity index (χ4n) is 1.67. The van der Waals surface area contributed by atoms with Crippen LogP contribution in [0.3, 0.4) is 0 Å². The molecule has 1 atom stereocenters. The number of rotatable bonds is 3. The Kier molecular flexibility index (Phi) is 3.73. The van der Waals surface area contributed by atoms with Crippen molar-refractivity contribution in [2.45, 2.75) is 32.8 Å². The van der Waals surface area contributed by atoms with Crippen LogP contribution in [0.25, 0.3) is 0 Å². The third kappa shape index (κ3) is 3.24. The highest BCUT2D eigenvalue weighted by atomic mass is 16.3. The van der Waals surface area contributed by atoms with Crippen LogP contribution in [0.5, 0.6) is 0 Å². The van der Waals surface area contributed by atoms with E-state index in [2.05, 4.69) is 38.0 Å². The van der Waals surface area contributed by atoms with Crippen LogP contribution in [0.4, 0.5) is 0 Å². The van der Waals surface area contributed by atoms with E-state index in [4.69, 9.17) is 6.42 Å². The summed E-state index contributed by atoms with van der Waals surface area (Å²) in [6.07, 6.45) is 5.79. The third-order valence-electron chi connectivity index (χ3n) is 2.11. The Balaban J connectivity index is 2.72. The maximum Gasteiger partial charge on any atom is 0.0689 e. The first kappa shape index (κ1) is 10.8. The predicted molar refractivity (Wildman–Crippen MR) is 59.1 cm³/mol. The summed E-state index contributed by atoms with van der Waals surface area (Å²) in [6.45, 7) is 4.12. The van der Waals surface area contributed by atoms with Gasteiger partial charge in [-0.3, -0.25) is 0 Å². The van der Waals surface area contributed by atoms with Crippen molar-refractivity contribution in [1.82, 2.24) is 0 Å². The average Bonchev–Trinajstić information content (AvgIpc) is 2.01. The average molecular weight is 188 g/mol. The summed E-state index contributed by atoms with van der Waals surface area (Å²) in [5, 5.41) is 9.54. The second-order valence-electron chi connectivity index (χ2n) is 3.76. The lowest BCUT2D eigenvalue weighted by molar-refractivity contribution is 0.181. The second-order valence-corrected chi connectivity index (χ2v) is 3.76. The lowest BCUT2D eigenvalue weighted by Gasteiger charge is -2.08. The fraction of sp³-hybridized carbons (Fsp3) is 0.385. The number of benzene rings is 1. The summed E-state index contributed by atoms with van der Waals surface area (Å²) >= 11 is 0. The van der Waals surface area contributed by atoms with Gasteiger partial charge in [0.25, 0.3) is 0 Å². The van der Waals surface area contributed by atoms with Crippen molar-refractivity contribution in [3.8, 4) is 12.3 Å². The number of hydrogen-bond acceptors (Lipinski definition) is 1. The van der Waals surface area contributed by atoms with Crippen LogP contribution in [-0.4, -0.2) is 11.2 Å². The van der Waals surface area contributed by atoms with Gasteiger partial charge in [-0.1, -0.05) is 29.3 Å². The van der Waals surface area contributed by atoms with Gasteiger partial charge in [0.1, 0.15) is 0 Å². The van der Waals surface area contributed by atoms with Gasteiger partial charge >= 0.3 is 0 Å². The molecule has 0 saturated heterocycles. The Morgan fingerprint density at radius 2 is 1.86 bits per heavy atom. The Morgan fingerprint density at radius 3 is 2.36 bits per heavy atom. The monoisotopic (exact) mass is 188 g/mol. The van der Waals surface area contributed by atoms with Gasteiger partial charge in [0, 0.05) is 6.42 Å². The predicted octanol–water partition coefficient (Wildman–Crippen LogP) is 2.23. The van der Waals surface area contributed by atoms with E-state index in [9.17, 15) is 5.11 Å². The molecule has 0 bridgehead atoms. The molecule has 0 saturated carbocycles. The summed E-state index contributed by atoms with van der Waals surface area (Å²) < 4.78 is 0. The van der Waals surface area contributed by atoms with E-state index in [0.717, 1.165) is 5.56 Å². The van der Waals surface area contributed by atoms with E-state index < -0.39 is 6.10 Å². The van der Waals surface area contributed by atoms with E-state index in [0.29, 0.717) is 12.8 Å². The molecule has 1 aromatic carbocycles. The molecule has 1 nitrogen and oxygen atoms in total. The number of terminal acetylenes is 1. The SMILES string of the molecule is C#CCC(O)Cc1cc(C)cc(C)c1. The summed E-state index contributed by atoms with van der Waals surface area (Å²) in [6, 6.07) is 6.30. The van der Waals surface area contributed by atoms with Crippen LogP contribution >= 0.6 is 0 Å². The van der Waals surface area contributed by atoms with Gasteiger partial charge in [-0.05, 0) is 25.8 Å². The highest BCUT2D eigenvalue weighted by molar-refractivity contribution is 5.29. The van der Waals surface area contributed by atoms with Crippen LogP contribution in [0.2, 0.25) is 0 Å². The second kappa shape index (κ2) is 4.83. The molecule has 14 heavy (non-hydrogen) atoms. The van der Waals surface area contributed by atoms with Crippen molar-refractivity contribution in [1.29, 1.82) is 0 Å². The van der Waals surface area contributed by atoms with Crippen LogP contribution < -0.4 is 0 Å². The Labute approximate surface area is 85.8 Å². The molecule has 0 fully saturated rings. The van der Waals surface area contributed by atoms with Crippen molar-refractivity contribution in [3.63, 3.8) is 0 Å². The quantitative estimate of drug-likeness (QED) is 0.721. The maximum absolute atomic E-state index is 9.54. The third-order valence-corrected chi connectivity index (χ3v) is 2.11. The van der Waals surface area contributed by atoms with Crippen molar-refractivity contribution < 1.29 is 5.11 Å². The summed E-state index contributed by atoms with van der Waals surface area (Å²) in [5.74, 6) is 2.47. The fourth-order valence-corrected chi connectivity index (χ4v) is 1.67. The summed E-state index contributed by atoms with van der Waals surface area (Å²) in [5.41, 5.74) is 3.62. The van der Waals surface area contributed by atoms with Gasteiger partial charge in [-0.25, -0.2) is 0 Å². The first-order chi connectivity index (χ1) is 6.61. The van der Waals surface area contributed by atoms with Crippen molar-refractivity contribution in [3.05, 3.63) is 34.9 Å². The zero-order valence-corrected chi connectivity index (χ0v) is 8.75. The molecule has 0 heterocycles. The molecule has 0 aliphatic carbocycles. The van der Waals surface area contributed by atoms with E-state index in [1.165, 1.54) is 11.1 Å². The smallest absolute Gasteiger partial charge is 0.0689 e. The summed E-state index contributed by atoms with van der Waals surface area (Å²) in [4.78, 5) is 0. The standard InChI is InChI=1S/C13H16O/c1-4-5-13(14)9-12-7-10(2)6-11(3)8-12/h1,6-8,13-14H,5,9H2,2-3H3. The Bertz CT molecular complexity index is 326. The van der Waals surface area contributed by atoms with Gasteiger partial charge in [0.2, 0.25) is 0 Å². The van der Waals surface area contributed by atoms with Crippen LogP contribution in [0.15, 0.2) is 18.2 Å². The molecule has 0 radical (unpaired) electrons. The van der Waals surface area contributed by atoms with Gasteiger partial charge in [0.15, 0.2) is 0 Å². The lowest BCUT2D eigenvalue weighted by atomic mass is 10.0. The van der Waals surface area contributed by atoms with Gasteiger partial charge < -0.3 is 5.11 Å². The highest BCUT2D eigenvalue weighted by Gasteiger charge is 2.04. The van der Waals surface area contributed by atoms with Crippen LogP contribution in [0, 0.1) is 26.2 Å². The van der Waals surface area contributed by atoms with Gasteiger partial charge in [0.05, 0.1) is 6.10 Å². The minimum absolute atomic E-state index is 0.416. The normalized spacial score (nSPS) is 12.1. The van der Waals surface area contributed by atoms with E-state index in [-0.39, 0.29) is 0 Å². The molecule has 1 unspecified atom stereocenters. The minimum Gasteiger partial charge on any atom is -0.392 e. The molecule has 0 aromatic heterocycles. The zero-order chi connectivity index (χ0) is 10.6. The largest absolute Gasteiger partial charge is 0.392 e. The molecular weight excluding hydrogens is 172 g/mol. The van der Waals surface area contributed by atoms with Crippen molar-refractivity contribution in [2.24, 2.45) is 0 Å². The molecular formula is C13H16O. The molecule has 1 N–H and O–H groups in total. The molecule has 0 amide bonds. The van der Waals surface area contributed by atoms with E-state index >= 15 is 0 Å². The molecule has 0 aliphatic heterocycles. The lowest BCUT2D eigenvalue weighted by Crippen LogP contribution is -2.09. The van der Waals surface area contributed by atoms with Crippen LogP contribution in [0.1, 0.15) is 23.1 Å². The highest BCUT2D eigenvalue weighted by Crippen LogP contribution is 2.11. The molecule has 0 aliphatic rings. The first-order valence-corrected chi connectivity index (χ1v) is 4.80. The van der Waals surface area contributed by atoms with Gasteiger partial charge in [-0.15, -0.1) is 12.3 Å². The molecule has 1 aromatic rings. The number of hydrogen-bond donors (Lipinski definition) is 1. The van der Waals surface area contributed by atoms with E-state index in [1.54, 1.807) is 0 Å². The molecule has 74 valence electrons. The Hall–Kier alpha value is -1.26. The summed E-state index contributed by atoms with van der Waals surface area (Å²) in [7, 11) is 0. The van der Waals surface area contributed by atoms with Gasteiger partial charge in [-0.2, -0.15) is 0 Å².